The van der Waals surface area contributed by atoms with Crippen LogP contribution in [0.4, 0.5) is 13.2 Å². The number of H-pyrrole nitrogens is 1. The average Bonchev–Trinajstić information content (AvgIpc) is 3.08. The van der Waals surface area contributed by atoms with Crippen LogP contribution in [0.25, 0.3) is 16.8 Å². The molecule has 20 heavy (non-hydrogen) atoms. The van der Waals surface area contributed by atoms with Gasteiger partial charge in [0.25, 0.3) is 0 Å². The van der Waals surface area contributed by atoms with Crippen molar-refractivity contribution < 1.29 is 13.2 Å². The van der Waals surface area contributed by atoms with Gasteiger partial charge in [0.1, 0.15) is 0 Å². The van der Waals surface area contributed by atoms with Gasteiger partial charge in [-0.1, -0.05) is 18.2 Å². The maximum atomic E-state index is 13.3. The van der Waals surface area contributed by atoms with Crippen molar-refractivity contribution >= 4 is 0 Å². The van der Waals surface area contributed by atoms with E-state index >= 15 is 0 Å². The summed E-state index contributed by atoms with van der Waals surface area (Å²) < 4.78 is 40.9. The molecule has 0 aliphatic carbocycles. The van der Waals surface area contributed by atoms with Gasteiger partial charge >= 0.3 is 6.18 Å². The van der Waals surface area contributed by atoms with Crippen LogP contribution in [-0.2, 0) is 6.18 Å². The Balaban J connectivity index is 2.23. The maximum Gasteiger partial charge on any atom is 0.434 e. The SMILES string of the molecule is FC(F)(F)c1c(-c2cn[nH]c2)cnn1-c1ccccc1. The summed E-state index contributed by atoms with van der Waals surface area (Å²) in [7, 11) is 0. The first-order valence-electron chi connectivity index (χ1n) is 5.77. The molecule has 0 saturated heterocycles. The summed E-state index contributed by atoms with van der Waals surface area (Å²) in [4.78, 5) is 0. The Morgan fingerprint density at radius 3 is 2.40 bits per heavy atom. The van der Waals surface area contributed by atoms with E-state index in [4.69, 9.17) is 0 Å². The predicted molar refractivity (Wildman–Crippen MR) is 66.1 cm³/mol. The number of nitrogens with one attached hydrogen (secondary N) is 1. The number of aromatic nitrogens is 4. The molecule has 3 aromatic rings. The van der Waals surface area contributed by atoms with Crippen LogP contribution < -0.4 is 0 Å². The molecule has 0 atom stereocenters. The Morgan fingerprint density at radius 1 is 1.05 bits per heavy atom. The molecule has 0 bridgehead atoms. The van der Waals surface area contributed by atoms with Crippen LogP contribution in [0.15, 0.2) is 48.9 Å². The molecule has 102 valence electrons. The van der Waals surface area contributed by atoms with Crippen molar-refractivity contribution in [1.29, 1.82) is 0 Å². The highest BCUT2D eigenvalue weighted by atomic mass is 19.4. The first-order valence-corrected chi connectivity index (χ1v) is 5.77. The zero-order valence-electron chi connectivity index (χ0n) is 10.1. The number of rotatable bonds is 2. The summed E-state index contributed by atoms with van der Waals surface area (Å²) in [6.07, 6.45) is -0.581. The molecule has 0 unspecified atom stereocenters. The summed E-state index contributed by atoms with van der Waals surface area (Å²) in [6.45, 7) is 0. The van der Waals surface area contributed by atoms with E-state index in [0.29, 0.717) is 11.3 Å². The lowest BCUT2D eigenvalue weighted by atomic mass is 10.1. The van der Waals surface area contributed by atoms with E-state index in [2.05, 4.69) is 15.3 Å². The lowest BCUT2D eigenvalue weighted by molar-refractivity contribution is -0.142. The molecular formula is C13H9F3N4. The number of benzene rings is 1. The van der Waals surface area contributed by atoms with Gasteiger partial charge in [0.05, 0.1) is 18.1 Å². The van der Waals surface area contributed by atoms with E-state index in [9.17, 15) is 13.2 Å². The van der Waals surface area contributed by atoms with Gasteiger partial charge < -0.3 is 0 Å². The molecule has 0 amide bonds. The lowest BCUT2D eigenvalue weighted by Crippen LogP contribution is -2.14. The summed E-state index contributed by atoms with van der Waals surface area (Å²) in [5.41, 5.74) is -0.116. The van der Waals surface area contributed by atoms with Gasteiger partial charge in [0.15, 0.2) is 5.69 Å². The van der Waals surface area contributed by atoms with Gasteiger partial charge in [-0.05, 0) is 12.1 Å². The molecule has 0 spiro atoms. The second-order valence-corrected chi connectivity index (χ2v) is 4.14. The van der Waals surface area contributed by atoms with E-state index in [1.54, 1.807) is 30.3 Å². The average molecular weight is 278 g/mol. The highest BCUT2D eigenvalue weighted by Gasteiger charge is 2.39. The molecule has 2 heterocycles. The molecule has 7 heteroatoms. The molecule has 2 aromatic heterocycles. The van der Waals surface area contributed by atoms with Gasteiger partial charge in [-0.2, -0.15) is 23.4 Å². The van der Waals surface area contributed by atoms with Gasteiger partial charge in [-0.15, -0.1) is 0 Å². The normalized spacial score (nSPS) is 11.8. The second kappa shape index (κ2) is 4.52. The number of hydrogen-bond donors (Lipinski definition) is 1. The van der Waals surface area contributed by atoms with Crippen LogP contribution in [0.2, 0.25) is 0 Å². The van der Waals surface area contributed by atoms with Crippen LogP contribution >= 0.6 is 0 Å². The topological polar surface area (TPSA) is 46.5 Å². The van der Waals surface area contributed by atoms with Crippen molar-refractivity contribution in [2.24, 2.45) is 0 Å². The molecule has 0 aliphatic rings. The van der Waals surface area contributed by atoms with E-state index in [1.165, 1.54) is 18.6 Å². The van der Waals surface area contributed by atoms with E-state index in [1.807, 2.05) is 0 Å². The smallest absolute Gasteiger partial charge is 0.285 e. The number of halogens is 3. The Kier molecular flexibility index (Phi) is 2.81. The number of nitrogens with zero attached hydrogens (tertiary/aromatic N) is 3. The largest absolute Gasteiger partial charge is 0.434 e. The van der Waals surface area contributed by atoms with Crippen molar-refractivity contribution in [2.45, 2.75) is 6.18 Å². The highest BCUT2D eigenvalue weighted by Crippen LogP contribution is 2.37. The third-order valence-corrected chi connectivity index (χ3v) is 2.85. The summed E-state index contributed by atoms with van der Waals surface area (Å²) in [5.74, 6) is 0. The zero-order valence-corrected chi connectivity index (χ0v) is 10.1. The fourth-order valence-corrected chi connectivity index (χ4v) is 2.00. The molecule has 0 radical (unpaired) electrons. The van der Waals surface area contributed by atoms with Crippen molar-refractivity contribution in [1.82, 2.24) is 20.0 Å². The van der Waals surface area contributed by atoms with Gasteiger partial charge in [0, 0.05) is 17.3 Å². The lowest BCUT2D eigenvalue weighted by Gasteiger charge is -2.12. The second-order valence-electron chi connectivity index (χ2n) is 4.14. The molecule has 0 aliphatic heterocycles. The maximum absolute atomic E-state index is 13.3. The van der Waals surface area contributed by atoms with Crippen LogP contribution in [0.3, 0.4) is 0 Å². The minimum absolute atomic E-state index is 0.00453. The monoisotopic (exact) mass is 278 g/mol. The third kappa shape index (κ3) is 2.07. The van der Waals surface area contributed by atoms with Crippen LogP contribution in [-0.4, -0.2) is 20.0 Å². The Hall–Kier alpha value is -2.57. The van der Waals surface area contributed by atoms with Gasteiger partial charge in [-0.3, -0.25) is 5.10 Å². The van der Waals surface area contributed by atoms with Gasteiger partial charge in [-0.25, -0.2) is 4.68 Å². The first-order chi connectivity index (χ1) is 9.57. The minimum atomic E-state index is -4.51. The molecule has 0 saturated carbocycles. The van der Waals surface area contributed by atoms with Crippen LogP contribution in [0.5, 0.6) is 0 Å². The van der Waals surface area contributed by atoms with E-state index in [-0.39, 0.29) is 5.56 Å². The van der Waals surface area contributed by atoms with Crippen molar-refractivity contribution in [2.75, 3.05) is 0 Å². The molecule has 3 rings (SSSR count). The van der Waals surface area contributed by atoms with Crippen LogP contribution in [0, 0.1) is 0 Å². The molecule has 4 nitrogen and oxygen atoms in total. The van der Waals surface area contributed by atoms with Crippen molar-refractivity contribution in [3.63, 3.8) is 0 Å². The van der Waals surface area contributed by atoms with E-state index in [0.717, 1.165) is 4.68 Å². The number of alkyl halides is 3. The summed E-state index contributed by atoms with van der Waals surface area (Å²) in [5, 5.41) is 10.0. The number of hydrogen-bond acceptors (Lipinski definition) is 2. The molecular weight excluding hydrogens is 269 g/mol. The van der Waals surface area contributed by atoms with Gasteiger partial charge in [0.2, 0.25) is 0 Å². The Bertz CT molecular complexity index is 699. The molecule has 1 aromatic carbocycles. The first kappa shape index (κ1) is 12.5. The Labute approximate surface area is 111 Å². The molecule has 1 N–H and O–H groups in total. The number of para-hydroxylation sites is 1. The summed E-state index contributed by atoms with van der Waals surface area (Å²) in [6, 6.07) is 8.20. The van der Waals surface area contributed by atoms with Crippen molar-refractivity contribution in [3.8, 4) is 16.8 Å². The summed E-state index contributed by atoms with van der Waals surface area (Å²) >= 11 is 0. The highest BCUT2D eigenvalue weighted by molar-refractivity contribution is 5.65. The Morgan fingerprint density at radius 2 is 1.80 bits per heavy atom. The van der Waals surface area contributed by atoms with Crippen LogP contribution in [0.1, 0.15) is 5.69 Å². The fourth-order valence-electron chi connectivity index (χ4n) is 2.00. The minimum Gasteiger partial charge on any atom is -0.285 e. The zero-order chi connectivity index (χ0) is 14.2. The third-order valence-electron chi connectivity index (χ3n) is 2.85. The van der Waals surface area contributed by atoms with E-state index < -0.39 is 11.9 Å². The van der Waals surface area contributed by atoms with Crippen molar-refractivity contribution in [3.05, 3.63) is 54.6 Å². The molecule has 0 fully saturated rings. The number of aromatic amines is 1. The predicted octanol–water partition coefficient (Wildman–Crippen LogP) is 3.28. The quantitative estimate of drug-likeness (QED) is 0.782. The fraction of sp³-hybridized carbons (Fsp3) is 0.0769. The standard InChI is InChI=1S/C13H9F3N4/c14-13(15,16)12-11(9-6-17-18-7-9)8-19-20(12)10-4-2-1-3-5-10/h1-8H,(H,17,18).